The average Bonchev–Trinajstić information content (AvgIpc) is 3.16. The molecule has 3 aromatic rings. The van der Waals surface area contributed by atoms with Gasteiger partial charge in [-0.05, 0) is 55.2 Å². The number of anilines is 2. The van der Waals surface area contributed by atoms with Gasteiger partial charge in [0.1, 0.15) is 5.52 Å². The number of rotatable bonds is 5. The smallest absolute Gasteiger partial charge is 0.298 e. The molecule has 1 saturated heterocycles. The molecule has 0 spiro atoms. The van der Waals surface area contributed by atoms with Crippen LogP contribution in [-0.4, -0.2) is 44.6 Å². The molecule has 1 amide bonds. The molecule has 2 aromatic carbocycles. The van der Waals surface area contributed by atoms with E-state index >= 15 is 0 Å². The molecule has 1 fully saturated rings. The predicted octanol–water partition coefficient (Wildman–Crippen LogP) is 3.54. The molecule has 0 aliphatic carbocycles. The van der Waals surface area contributed by atoms with Crippen LogP contribution in [0.15, 0.2) is 52.9 Å². The molecule has 1 aliphatic heterocycles. The topological polar surface area (TPSA) is 61.6 Å². The first-order valence-electron chi connectivity index (χ1n) is 9.76. The van der Waals surface area contributed by atoms with E-state index < -0.39 is 0 Å². The summed E-state index contributed by atoms with van der Waals surface area (Å²) in [5.41, 5.74) is 3.51. The molecule has 0 radical (unpaired) electrons. The summed E-state index contributed by atoms with van der Waals surface area (Å²) in [5, 5.41) is 3.08. The fraction of sp³-hybridized carbons (Fsp3) is 0.364. The van der Waals surface area contributed by atoms with Gasteiger partial charge in [0.05, 0.1) is 0 Å². The molecule has 4 rings (SSSR count). The summed E-state index contributed by atoms with van der Waals surface area (Å²) in [6.45, 7) is 2.49. The van der Waals surface area contributed by atoms with Crippen LogP contribution in [0.25, 0.3) is 11.1 Å². The van der Waals surface area contributed by atoms with Gasteiger partial charge in [0.2, 0.25) is 0 Å². The van der Waals surface area contributed by atoms with Crippen LogP contribution in [0.1, 0.15) is 23.2 Å². The third-order valence-corrected chi connectivity index (χ3v) is 5.36. The Morgan fingerprint density at radius 3 is 2.54 bits per heavy atom. The molecule has 1 N–H and O–H groups in total. The van der Waals surface area contributed by atoms with Crippen molar-refractivity contribution in [1.29, 1.82) is 0 Å². The monoisotopic (exact) mass is 378 g/mol. The van der Waals surface area contributed by atoms with Crippen LogP contribution in [0.2, 0.25) is 0 Å². The van der Waals surface area contributed by atoms with Gasteiger partial charge >= 0.3 is 0 Å². The normalized spacial score (nSPS) is 15.0. The fourth-order valence-electron chi connectivity index (χ4n) is 3.57. The number of hydrogen-bond acceptors (Lipinski definition) is 5. The minimum Gasteiger partial charge on any atom is -0.423 e. The second-order valence-electron chi connectivity index (χ2n) is 7.55. The van der Waals surface area contributed by atoms with Crippen molar-refractivity contribution in [2.24, 2.45) is 5.92 Å². The summed E-state index contributed by atoms with van der Waals surface area (Å²) in [5.74, 6) is 0.470. The molecule has 146 valence electrons. The fourth-order valence-corrected chi connectivity index (χ4v) is 3.57. The lowest BCUT2D eigenvalue weighted by molar-refractivity contribution is 0.0945. The van der Waals surface area contributed by atoms with Gasteiger partial charge in [-0.25, -0.2) is 0 Å². The highest BCUT2D eigenvalue weighted by Crippen LogP contribution is 2.26. The standard InChI is InChI=1S/C22H26N4O2/c1-25(2)18-9-7-17(8-10-18)21(27)23-15-16-11-13-26(14-12-16)22-24-19-5-3-4-6-20(19)28-22/h3-10,16H,11-15H2,1-2H3,(H,23,27). The molecular formula is C22H26N4O2. The Morgan fingerprint density at radius 1 is 1.14 bits per heavy atom. The lowest BCUT2D eigenvalue weighted by Gasteiger charge is -2.30. The number of fused-ring (bicyclic) bond motifs is 1. The summed E-state index contributed by atoms with van der Waals surface area (Å²) < 4.78 is 5.87. The van der Waals surface area contributed by atoms with Crippen molar-refractivity contribution in [2.45, 2.75) is 12.8 Å². The first-order valence-corrected chi connectivity index (χ1v) is 9.76. The highest BCUT2D eigenvalue weighted by atomic mass is 16.4. The van der Waals surface area contributed by atoms with Gasteiger partial charge in [0.15, 0.2) is 5.58 Å². The van der Waals surface area contributed by atoms with E-state index in [1.165, 1.54) is 0 Å². The summed E-state index contributed by atoms with van der Waals surface area (Å²) in [7, 11) is 3.98. The van der Waals surface area contributed by atoms with Crippen molar-refractivity contribution in [3.63, 3.8) is 0 Å². The minimum absolute atomic E-state index is 0.00770. The molecular weight excluding hydrogens is 352 g/mol. The number of carbonyl (C=O) groups excluding carboxylic acids is 1. The highest BCUT2D eigenvalue weighted by molar-refractivity contribution is 5.94. The Morgan fingerprint density at radius 2 is 1.86 bits per heavy atom. The van der Waals surface area contributed by atoms with Crippen LogP contribution < -0.4 is 15.1 Å². The van der Waals surface area contributed by atoms with Crippen LogP contribution in [0, 0.1) is 5.92 Å². The molecule has 0 bridgehead atoms. The number of benzene rings is 2. The van der Waals surface area contributed by atoms with Crippen LogP contribution in [0.3, 0.4) is 0 Å². The van der Waals surface area contributed by atoms with Gasteiger partial charge < -0.3 is 19.5 Å². The molecule has 0 atom stereocenters. The van der Waals surface area contributed by atoms with E-state index in [-0.39, 0.29) is 5.91 Å². The summed E-state index contributed by atoms with van der Waals surface area (Å²) in [4.78, 5) is 21.2. The molecule has 6 nitrogen and oxygen atoms in total. The Kier molecular flexibility index (Phi) is 5.19. The van der Waals surface area contributed by atoms with Crippen molar-refractivity contribution < 1.29 is 9.21 Å². The van der Waals surface area contributed by atoms with E-state index in [0.717, 1.165) is 42.7 Å². The van der Waals surface area contributed by atoms with Crippen molar-refractivity contribution in [1.82, 2.24) is 10.3 Å². The third kappa shape index (κ3) is 3.96. The molecule has 1 aromatic heterocycles. The zero-order valence-corrected chi connectivity index (χ0v) is 16.4. The number of piperidine rings is 1. The number of nitrogens with one attached hydrogen (secondary N) is 1. The van der Waals surface area contributed by atoms with E-state index in [1.54, 1.807) is 0 Å². The number of hydrogen-bond donors (Lipinski definition) is 1. The van der Waals surface area contributed by atoms with E-state index in [9.17, 15) is 4.79 Å². The van der Waals surface area contributed by atoms with E-state index in [2.05, 4.69) is 15.2 Å². The Labute approximate surface area is 165 Å². The maximum atomic E-state index is 12.4. The Bertz CT molecular complexity index is 908. The van der Waals surface area contributed by atoms with Crippen molar-refractivity contribution >= 4 is 28.7 Å². The quantitative estimate of drug-likeness (QED) is 0.736. The number of aromatic nitrogens is 1. The minimum atomic E-state index is -0.00770. The average molecular weight is 378 g/mol. The van der Waals surface area contributed by atoms with E-state index in [4.69, 9.17) is 4.42 Å². The number of carbonyl (C=O) groups is 1. The van der Waals surface area contributed by atoms with Gasteiger partial charge in [-0.3, -0.25) is 4.79 Å². The number of oxazole rings is 1. The second-order valence-corrected chi connectivity index (χ2v) is 7.55. The first kappa shape index (κ1) is 18.3. The van der Waals surface area contributed by atoms with Crippen molar-refractivity contribution in [3.05, 3.63) is 54.1 Å². The lowest BCUT2D eigenvalue weighted by Crippen LogP contribution is -2.38. The van der Waals surface area contributed by atoms with Crippen LogP contribution >= 0.6 is 0 Å². The summed E-state index contributed by atoms with van der Waals surface area (Å²) >= 11 is 0. The molecule has 28 heavy (non-hydrogen) atoms. The zero-order valence-electron chi connectivity index (χ0n) is 16.4. The van der Waals surface area contributed by atoms with Crippen molar-refractivity contribution in [2.75, 3.05) is 43.5 Å². The van der Waals surface area contributed by atoms with Gasteiger partial charge in [0.25, 0.3) is 11.9 Å². The molecule has 6 heteroatoms. The number of amides is 1. The molecule has 0 saturated carbocycles. The summed E-state index contributed by atoms with van der Waals surface area (Å²) in [6.07, 6.45) is 2.02. The largest absolute Gasteiger partial charge is 0.423 e. The molecule has 1 aliphatic rings. The van der Waals surface area contributed by atoms with Gasteiger partial charge in [-0.1, -0.05) is 12.1 Å². The predicted molar refractivity (Wildman–Crippen MR) is 112 cm³/mol. The third-order valence-electron chi connectivity index (χ3n) is 5.36. The zero-order chi connectivity index (χ0) is 19.5. The summed E-state index contributed by atoms with van der Waals surface area (Å²) in [6, 6.07) is 16.2. The van der Waals surface area contributed by atoms with Crippen LogP contribution in [-0.2, 0) is 0 Å². The maximum absolute atomic E-state index is 12.4. The van der Waals surface area contributed by atoms with Gasteiger partial charge in [0, 0.05) is 45.0 Å². The van der Waals surface area contributed by atoms with Gasteiger partial charge in [-0.2, -0.15) is 4.98 Å². The van der Waals surface area contributed by atoms with Crippen LogP contribution in [0.4, 0.5) is 11.7 Å². The van der Waals surface area contributed by atoms with Crippen LogP contribution in [0.5, 0.6) is 0 Å². The molecule has 2 heterocycles. The lowest BCUT2D eigenvalue weighted by atomic mass is 9.97. The number of para-hydroxylation sites is 2. The SMILES string of the molecule is CN(C)c1ccc(C(=O)NCC2CCN(c3nc4ccccc4o3)CC2)cc1. The second kappa shape index (κ2) is 7.92. The first-order chi connectivity index (χ1) is 13.6. The Hall–Kier alpha value is -3.02. The number of nitrogens with zero attached hydrogens (tertiary/aromatic N) is 3. The van der Waals surface area contributed by atoms with E-state index in [0.29, 0.717) is 24.0 Å². The van der Waals surface area contributed by atoms with Gasteiger partial charge in [-0.15, -0.1) is 0 Å². The maximum Gasteiger partial charge on any atom is 0.298 e. The Balaban J connectivity index is 1.27. The van der Waals surface area contributed by atoms with Crippen molar-refractivity contribution in [3.8, 4) is 0 Å². The van der Waals surface area contributed by atoms with E-state index in [1.807, 2.05) is 67.5 Å². The highest BCUT2D eigenvalue weighted by Gasteiger charge is 2.23. The molecule has 0 unspecified atom stereocenters.